The van der Waals surface area contributed by atoms with Gasteiger partial charge in [0.15, 0.2) is 9.84 Å². The maximum Gasteiger partial charge on any atom is 0.417 e. The van der Waals surface area contributed by atoms with Crippen LogP contribution in [0.15, 0.2) is 84.0 Å². The van der Waals surface area contributed by atoms with Crippen LogP contribution in [0.25, 0.3) is 28.2 Å². The molecule has 0 saturated carbocycles. The number of aromatic nitrogens is 2. The van der Waals surface area contributed by atoms with Crippen LogP contribution in [0, 0.1) is 5.82 Å². The third-order valence-electron chi connectivity index (χ3n) is 4.92. The van der Waals surface area contributed by atoms with Gasteiger partial charge in [0.25, 0.3) is 0 Å². The molecule has 0 saturated heterocycles. The van der Waals surface area contributed by atoms with Crippen molar-refractivity contribution in [3.63, 3.8) is 0 Å². The quantitative estimate of drug-likeness (QED) is 0.364. The summed E-state index contributed by atoms with van der Waals surface area (Å²) in [6.45, 7) is 0. The SMILES string of the molecule is CS(=O)(=O)c1cccc(-c2ccc(-n3ccnc3-c3ccccc3C(F)(F)F)cc2F)c1. The van der Waals surface area contributed by atoms with Crippen LogP contribution < -0.4 is 0 Å². The minimum absolute atomic E-state index is 0.0177. The number of rotatable bonds is 4. The lowest BCUT2D eigenvalue weighted by Crippen LogP contribution is -2.09. The topological polar surface area (TPSA) is 52.0 Å². The Morgan fingerprint density at radius 3 is 2.34 bits per heavy atom. The first kappa shape index (κ1) is 21.8. The Hall–Kier alpha value is -3.46. The first-order chi connectivity index (χ1) is 15.1. The number of alkyl halides is 3. The summed E-state index contributed by atoms with van der Waals surface area (Å²) in [5, 5.41) is 0. The Kier molecular flexibility index (Phi) is 5.37. The molecular weight excluding hydrogens is 444 g/mol. The van der Waals surface area contributed by atoms with Crippen molar-refractivity contribution in [2.45, 2.75) is 11.1 Å². The van der Waals surface area contributed by atoms with E-state index in [4.69, 9.17) is 0 Å². The molecule has 0 fully saturated rings. The number of benzene rings is 3. The molecule has 4 aromatic rings. The van der Waals surface area contributed by atoms with Crippen molar-refractivity contribution >= 4 is 9.84 Å². The van der Waals surface area contributed by atoms with E-state index in [1.54, 1.807) is 6.07 Å². The number of nitrogens with zero attached hydrogens (tertiary/aromatic N) is 2. The minimum Gasteiger partial charge on any atom is -0.300 e. The highest BCUT2D eigenvalue weighted by Crippen LogP contribution is 2.37. The van der Waals surface area contributed by atoms with Crippen LogP contribution in [0.3, 0.4) is 0 Å². The molecule has 0 radical (unpaired) electrons. The molecule has 9 heteroatoms. The summed E-state index contributed by atoms with van der Waals surface area (Å²) < 4.78 is 80.3. The van der Waals surface area contributed by atoms with Crippen LogP contribution in [0.2, 0.25) is 0 Å². The smallest absolute Gasteiger partial charge is 0.300 e. The van der Waals surface area contributed by atoms with Crippen LogP contribution >= 0.6 is 0 Å². The summed E-state index contributed by atoms with van der Waals surface area (Å²) >= 11 is 0. The first-order valence-electron chi connectivity index (χ1n) is 9.36. The van der Waals surface area contributed by atoms with Crippen LogP contribution in [-0.2, 0) is 16.0 Å². The van der Waals surface area contributed by atoms with Gasteiger partial charge in [-0.05, 0) is 42.0 Å². The highest BCUT2D eigenvalue weighted by Gasteiger charge is 2.34. The molecule has 4 nitrogen and oxygen atoms in total. The summed E-state index contributed by atoms with van der Waals surface area (Å²) in [6.07, 6.45) is -0.733. The lowest BCUT2D eigenvalue weighted by atomic mass is 10.0. The van der Waals surface area contributed by atoms with E-state index in [1.807, 2.05) is 0 Å². The number of imidazole rings is 1. The second-order valence-corrected chi connectivity index (χ2v) is 9.14. The Morgan fingerprint density at radius 2 is 1.66 bits per heavy atom. The lowest BCUT2D eigenvalue weighted by Gasteiger charge is -2.15. The van der Waals surface area contributed by atoms with Crippen molar-refractivity contribution < 1.29 is 26.0 Å². The fraction of sp³-hybridized carbons (Fsp3) is 0.0870. The van der Waals surface area contributed by atoms with Crippen molar-refractivity contribution in [1.82, 2.24) is 9.55 Å². The second-order valence-electron chi connectivity index (χ2n) is 7.13. The third kappa shape index (κ3) is 4.16. The molecule has 4 rings (SSSR count). The van der Waals surface area contributed by atoms with E-state index in [2.05, 4.69) is 4.98 Å². The van der Waals surface area contributed by atoms with Gasteiger partial charge >= 0.3 is 6.18 Å². The molecule has 0 bridgehead atoms. The third-order valence-corrected chi connectivity index (χ3v) is 6.03. The standard InChI is InChI=1S/C23H16F4N2O2S/c1-32(30,31)17-6-4-5-15(13-17)18-10-9-16(14-21(18)24)29-12-11-28-22(29)19-7-2-3-8-20(19)23(25,26)27/h2-14H,1H3. The van der Waals surface area contributed by atoms with Crippen LogP contribution in [-0.4, -0.2) is 24.2 Å². The van der Waals surface area contributed by atoms with Crippen LogP contribution in [0.5, 0.6) is 0 Å². The molecule has 1 heterocycles. The molecule has 32 heavy (non-hydrogen) atoms. The van der Waals surface area contributed by atoms with Crippen molar-refractivity contribution in [3.8, 4) is 28.2 Å². The van der Waals surface area contributed by atoms with Gasteiger partial charge in [-0.15, -0.1) is 0 Å². The van der Waals surface area contributed by atoms with Gasteiger partial charge < -0.3 is 0 Å². The van der Waals surface area contributed by atoms with Gasteiger partial charge in [0, 0.05) is 29.8 Å². The average molecular weight is 460 g/mol. The summed E-state index contributed by atoms with van der Waals surface area (Å²) in [4.78, 5) is 4.11. The van der Waals surface area contributed by atoms with E-state index in [9.17, 15) is 26.0 Å². The number of hydrogen-bond donors (Lipinski definition) is 0. The Labute approximate surface area is 181 Å². The molecule has 0 aliphatic heterocycles. The molecule has 0 spiro atoms. The number of hydrogen-bond acceptors (Lipinski definition) is 3. The van der Waals surface area contributed by atoms with E-state index in [0.29, 0.717) is 5.56 Å². The first-order valence-corrected chi connectivity index (χ1v) is 11.3. The van der Waals surface area contributed by atoms with Gasteiger partial charge in [-0.1, -0.05) is 30.3 Å². The zero-order valence-electron chi connectivity index (χ0n) is 16.6. The van der Waals surface area contributed by atoms with E-state index in [1.165, 1.54) is 71.6 Å². The molecule has 164 valence electrons. The lowest BCUT2D eigenvalue weighted by molar-refractivity contribution is -0.137. The van der Waals surface area contributed by atoms with E-state index in [0.717, 1.165) is 12.3 Å². The molecular formula is C23H16F4N2O2S. The summed E-state index contributed by atoms with van der Waals surface area (Å²) in [5.74, 6) is -0.638. The predicted octanol–water partition coefficient (Wildman–Crippen LogP) is 5.77. The number of sulfone groups is 1. The molecule has 0 amide bonds. The fourth-order valence-corrected chi connectivity index (χ4v) is 4.09. The molecule has 0 atom stereocenters. The maximum atomic E-state index is 15.0. The van der Waals surface area contributed by atoms with Gasteiger partial charge in [-0.2, -0.15) is 13.2 Å². The summed E-state index contributed by atoms with van der Waals surface area (Å²) in [6, 6.07) is 15.1. The number of halogens is 4. The Bertz CT molecular complexity index is 1410. The molecule has 0 N–H and O–H groups in total. The predicted molar refractivity (Wildman–Crippen MR) is 113 cm³/mol. The van der Waals surface area contributed by atoms with Crippen molar-refractivity contribution in [2.24, 2.45) is 0 Å². The zero-order valence-corrected chi connectivity index (χ0v) is 17.5. The van der Waals surface area contributed by atoms with Gasteiger partial charge in [0.1, 0.15) is 11.6 Å². The van der Waals surface area contributed by atoms with Gasteiger partial charge in [0.05, 0.1) is 16.1 Å². The normalized spacial score (nSPS) is 12.2. The Balaban J connectivity index is 1.79. The Morgan fingerprint density at radius 1 is 0.906 bits per heavy atom. The van der Waals surface area contributed by atoms with Crippen molar-refractivity contribution in [1.29, 1.82) is 0 Å². The van der Waals surface area contributed by atoms with Crippen LogP contribution in [0.4, 0.5) is 17.6 Å². The summed E-state index contributed by atoms with van der Waals surface area (Å²) in [7, 11) is -3.47. The van der Waals surface area contributed by atoms with E-state index < -0.39 is 27.4 Å². The maximum absolute atomic E-state index is 15.0. The molecule has 0 aliphatic carbocycles. The van der Waals surface area contributed by atoms with Crippen molar-refractivity contribution in [3.05, 3.63) is 90.5 Å². The minimum atomic E-state index is -4.58. The van der Waals surface area contributed by atoms with Crippen molar-refractivity contribution in [2.75, 3.05) is 6.26 Å². The second kappa shape index (κ2) is 7.90. The largest absolute Gasteiger partial charge is 0.417 e. The van der Waals surface area contributed by atoms with Gasteiger partial charge in [-0.25, -0.2) is 17.8 Å². The average Bonchev–Trinajstić information content (AvgIpc) is 3.22. The van der Waals surface area contributed by atoms with Crippen LogP contribution in [0.1, 0.15) is 5.56 Å². The molecule has 0 aliphatic rings. The molecule has 3 aromatic carbocycles. The monoisotopic (exact) mass is 460 g/mol. The van der Waals surface area contributed by atoms with E-state index in [-0.39, 0.29) is 27.5 Å². The van der Waals surface area contributed by atoms with E-state index >= 15 is 0 Å². The summed E-state index contributed by atoms with van der Waals surface area (Å²) in [5.41, 5.74) is -0.172. The fourth-order valence-electron chi connectivity index (χ4n) is 3.42. The highest BCUT2D eigenvalue weighted by atomic mass is 32.2. The zero-order chi connectivity index (χ0) is 23.1. The van der Waals surface area contributed by atoms with Gasteiger partial charge in [0.2, 0.25) is 0 Å². The highest BCUT2D eigenvalue weighted by molar-refractivity contribution is 7.90. The molecule has 0 unspecified atom stereocenters. The molecule has 1 aromatic heterocycles. The van der Waals surface area contributed by atoms with Gasteiger partial charge in [-0.3, -0.25) is 4.57 Å².